The topological polar surface area (TPSA) is 43.1 Å². The average molecular weight is 167 g/mol. The first-order valence-corrected chi connectivity index (χ1v) is 4.59. The summed E-state index contributed by atoms with van der Waals surface area (Å²) in [6.07, 6.45) is 6.37. The van der Waals surface area contributed by atoms with Crippen LogP contribution in [0.2, 0.25) is 0 Å². The SMILES string of the molecule is C=CCCC(=O)C1(CN)CCC1. The molecule has 0 aromatic heterocycles. The molecule has 1 rings (SSSR count). The Morgan fingerprint density at radius 3 is 2.58 bits per heavy atom. The number of allylic oxidation sites excluding steroid dienone is 1. The summed E-state index contributed by atoms with van der Waals surface area (Å²) in [7, 11) is 0. The zero-order valence-electron chi connectivity index (χ0n) is 7.51. The summed E-state index contributed by atoms with van der Waals surface area (Å²) in [6, 6.07) is 0. The van der Waals surface area contributed by atoms with Gasteiger partial charge in [-0.15, -0.1) is 6.58 Å². The summed E-state index contributed by atoms with van der Waals surface area (Å²) < 4.78 is 0. The fraction of sp³-hybridized carbons (Fsp3) is 0.700. The van der Waals surface area contributed by atoms with Crippen LogP contribution >= 0.6 is 0 Å². The molecule has 68 valence electrons. The van der Waals surface area contributed by atoms with E-state index in [1.807, 2.05) is 0 Å². The number of nitrogens with two attached hydrogens (primary N) is 1. The van der Waals surface area contributed by atoms with Gasteiger partial charge in [0.2, 0.25) is 0 Å². The smallest absolute Gasteiger partial charge is 0.140 e. The van der Waals surface area contributed by atoms with Crippen LogP contribution in [0.25, 0.3) is 0 Å². The molecule has 0 aromatic carbocycles. The molecular formula is C10H17NO. The Morgan fingerprint density at radius 2 is 2.25 bits per heavy atom. The van der Waals surface area contributed by atoms with Gasteiger partial charge in [-0.25, -0.2) is 0 Å². The third kappa shape index (κ3) is 1.58. The zero-order valence-corrected chi connectivity index (χ0v) is 7.51. The number of ketones is 1. The van der Waals surface area contributed by atoms with Crippen LogP contribution in [0, 0.1) is 5.41 Å². The molecule has 2 heteroatoms. The van der Waals surface area contributed by atoms with Crippen LogP contribution in [0.4, 0.5) is 0 Å². The normalized spacial score (nSPS) is 19.8. The minimum atomic E-state index is -0.136. The largest absolute Gasteiger partial charge is 0.329 e. The summed E-state index contributed by atoms with van der Waals surface area (Å²) >= 11 is 0. The highest BCUT2D eigenvalue weighted by Crippen LogP contribution is 2.41. The van der Waals surface area contributed by atoms with Crippen molar-refractivity contribution >= 4 is 5.78 Å². The van der Waals surface area contributed by atoms with Crippen LogP contribution in [-0.4, -0.2) is 12.3 Å². The summed E-state index contributed by atoms with van der Waals surface area (Å²) in [5.74, 6) is 0.344. The lowest BCUT2D eigenvalue weighted by molar-refractivity contribution is -0.132. The molecule has 0 aliphatic heterocycles. The highest BCUT2D eigenvalue weighted by molar-refractivity contribution is 5.86. The molecular weight excluding hydrogens is 150 g/mol. The first-order chi connectivity index (χ1) is 5.75. The fourth-order valence-electron chi connectivity index (χ4n) is 1.70. The zero-order chi connectivity index (χ0) is 9.03. The number of carbonyl (C=O) groups is 1. The molecule has 1 aliphatic rings. The second-order valence-electron chi connectivity index (χ2n) is 3.59. The van der Waals surface area contributed by atoms with Crippen molar-refractivity contribution in [3.8, 4) is 0 Å². The van der Waals surface area contributed by atoms with E-state index >= 15 is 0 Å². The molecule has 0 atom stereocenters. The minimum Gasteiger partial charge on any atom is -0.329 e. The van der Waals surface area contributed by atoms with Crippen LogP contribution in [0.15, 0.2) is 12.7 Å². The Morgan fingerprint density at radius 1 is 1.58 bits per heavy atom. The lowest BCUT2D eigenvalue weighted by Gasteiger charge is -2.39. The van der Waals surface area contributed by atoms with Crippen molar-refractivity contribution in [2.75, 3.05) is 6.54 Å². The van der Waals surface area contributed by atoms with E-state index in [-0.39, 0.29) is 5.41 Å². The van der Waals surface area contributed by atoms with Gasteiger partial charge in [0.15, 0.2) is 0 Å². The van der Waals surface area contributed by atoms with E-state index < -0.39 is 0 Å². The number of rotatable bonds is 5. The highest BCUT2D eigenvalue weighted by atomic mass is 16.1. The van der Waals surface area contributed by atoms with Gasteiger partial charge in [0.05, 0.1) is 0 Å². The van der Waals surface area contributed by atoms with Gasteiger partial charge in [0.25, 0.3) is 0 Å². The Hall–Kier alpha value is -0.630. The summed E-state index contributed by atoms with van der Waals surface area (Å²) in [5, 5.41) is 0. The van der Waals surface area contributed by atoms with Crippen LogP contribution in [0.3, 0.4) is 0 Å². The summed E-state index contributed by atoms with van der Waals surface area (Å²) in [6.45, 7) is 4.13. The van der Waals surface area contributed by atoms with Crippen molar-refractivity contribution in [3.63, 3.8) is 0 Å². The average Bonchev–Trinajstić information content (AvgIpc) is 2.00. The van der Waals surface area contributed by atoms with Gasteiger partial charge >= 0.3 is 0 Å². The lowest BCUT2D eigenvalue weighted by atomic mass is 9.65. The van der Waals surface area contributed by atoms with Gasteiger partial charge in [-0.1, -0.05) is 12.5 Å². The number of Topliss-reactive ketones (excluding diaryl/α,β-unsaturated/α-hetero) is 1. The van der Waals surface area contributed by atoms with Gasteiger partial charge in [-0.3, -0.25) is 4.79 Å². The maximum absolute atomic E-state index is 11.6. The number of hydrogen-bond acceptors (Lipinski definition) is 2. The molecule has 2 nitrogen and oxygen atoms in total. The molecule has 0 unspecified atom stereocenters. The molecule has 2 N–H and O–H groups in total. The molecule has 0 saturated heterocycles. The molecule has 0 amide bonds. The predicted molar refractivity (Wildman–Crippen MR) is 49.8 cm³/mol. The van der Waals surface area contributed by atoms with Crippen molar-refractivity contribution in [2.45, 2.75) is 32.1 Å². The van der Waals surface area contributed by atoms with Crippen LogP contribution in [-0.2, 0) is 4.79 Å². The van der Waals surface area contributed by atoms with E-state index in [1.165, 1.54) is 0 Å². The van der Waals surface area contributed by atoms with E-state index in [4.69, 9.17) is 5.73 Å². The molecule has 12 heavy (non-hydrogen) atoms. The number of carbonyl (C=O) groups excluding carboxylic acids is 1. The summed E-state index contributed by atoms with van der Waals surface area (Å²) in [4.78, 5) is 11.6. The predicted octanol–water partition coefficient (Wildman–Crippen LogP) is 1.65. The van der Waals surface area contributed by atoms with Gasteiger partial charge < -0.3 is 5.73 Å². The van der Waals surface area contributed by atoms with Gasteiger partial charge in [-0.05, 0) is 19.3 Å². The molecule has 0 aromatic rings. The third-order valence-corrected chi connectivity index (χ3v) is 2.87. The first kappa shape index (κ1) is 9.46. The van der Waals surface area contributed by atoms with Crippen LogP contribution < -0.4 is 5.73 Å². The molecule has 0 bridgehead atoms. The van der Waals surface area contributed by atoms with Gasteiger partial charge in [0.1, 0.15) is 5.78 Å². The van der Waals surface area contributed by atoms with Gasteiger partial charge in [-0.2, -0.15) is 0 Å². The van der Waals surface area contributed by atoms with Crippen LogP contribution in [0.5, 0.6) is 0 Å². The quantitative estimate of drug-likeness (QED) is 0.633. The van der Waals surface area contributed by atoms with E-state index in [0.717, 1.165) is 25.7 Å². The maximum atomic E-state index is 11.6. The molecule has 1 saturated carbocycles. The van der Waals surface area contributed by atoms with Crippen molar-refractivity contribution in [1.29, 1.82) is 0 Å². The molecule has 0 spiro atoms. The maximum Gasteiger partial charge on any atom is 0.140 e. The second kappa shape index (κ2) is 3.85. The summed E-state index contributed by atoms with van der Waals surface area (Å²) in [5.41, 5.74) is 5.46. The Bertz CT molecular complexity index is 177. The van der Waals surface area contributed by atoms with Crippen molar-refractivity contribution in [3.05, 3.63) is 12.7 Å². The molecule has 1 aliphatic carbocycles. The molecule has 0 radical (unpaired) electrons. The minimum absolute atomic E-state index is 0.136. The second-order valence-corrected chi connectivity index (χ2v) is 3.59. The highest BCUT2D eigenvalue weighted by Gasteiger charge is 2.41. The van der Waals surface area contributed by atoms with E-state index in [1.54, 1.807) is 6.08 Å². The van der Waals surface area contributed by atoms with Crippen molar-refractivity contribution in [1.82, 2.24) is 0 Å². The van der Waals surface area contributed by atoms with Crippen molar-refractivity contribution < 1.29 is 4.79 Å². The fourth-order valence-corrected chi connectivity index (χ4v) is 1.70. The monoisotopic (exact) mass is 167 g/mol. The standard InChI is InChI=1S/C10H17NO/c1-2-3-5-9(12)10(8-11)6-4-7-10/h2H,1,3-8,11H2. The Labute approximate surface area is 73.8 Å². The van der Waals surface area contributed by atoms with Crippen LogP contribution in [0.1, 0.15) is 32.1 Å². The Balaban J connectivity index is 2.43. The van der Waals surface area contributed by atoms with E-state index in [2.05, 4.69) is 6.58 Å². The lowest BCUT2D eigenvalue weighted by Crippen LogP contribution is -2.44. The third-order valence-electron chi connectivity index (χ3n) is 2.87. The van der Waals surface area contributed by atoms with Gasteiger partial charge in [0, 0.05) is 18.4 Å². The van der Waals surface area contributed by atoms with E-state index in [9.17, 15) is 4.79 Å². The van der Waals surface area contributed by atoms with E-state index in [0.29, 0.717) is 18.7 Å². The molecule has 1 fully saturated rings. The van der Waals surface area contributed by atoms with Crippen molar-refractivity contribution in [2.24, 2.45) is 11.1 Å². The molecule has 0 heterocycles. The Kier molecular flexibility index (Phi) is 3.04. The first-order valence-electron chi connectivity index (χ1n) is 4.59. The number of hydrogen-bond donors (Lipinski definition) is 1.